The molecule has 1 fully saturated rings. The van der Waals surface area contributed by atoms with Crippen molar-refractivity contribution in [3.8, 4) is 0 Å². The maximum atomic E-state index is 3.67. The van der Waals surface area contributed by atoms with Gasteiger partial charge < -0.3 is 5.32 Å². The van der Waals surface area contributed by atoms with Crippen LogP contribution >= 0.6 is 0 Å². The van der Waals surface area contributed by atoms with Crippen molar-refractivity contribution in [2.45, 2.75) is 71.8 Å². The van der Waals surface area contributed by atoms with Crippen molar-refractivity contribution in [1.29, 1.82) is 0 Å². The Morgan fingerprint density at radius 2 is 1.93 bits per heavy atom. The zero-order valence-electron chi connectivity index (χ0n) is 10.9. The van der Waals surface area contributed by atoms with Crippen LogP contribution in [0.3, 0.4) is 0 Å². The Labute approximate surface area is 96.0 Å². The molecule has 1 rings (SSSR count). The van der Waals surface area contributed by atoms with E-state index in [1.54, 1.807) is 0 Å². The summed E-state index contributed by atoms with van der Waals surface area (Å²) in [5.41, 5.74) is 0. The lowest BCUT2D eigenvalue weighted by atomic mass is 9.81. The van der Waals surface area contributed by atoms with Gasteiger partial charge in [0.1, 0.15) is 0 Å². The van der Waals surface area contributed by atoms with Crippen LogP contribution in [-0.2, 0) is 0 Å². The maximum absolute atomic E-state index is 3.67. The summed E-state index contributed by atoms with van der Waals surface area (Å²) in [6.07, 6.45) is 10.1. The van der Waals surface area contributed by atoms with Crippen LogP contribution in [0, 0.1) is 11.8 Å². The highest BCUT2D eigenvalue weighted by molar-refractivity contribution is 4.80. The molecule has 0 aromatic carbocycles. The lowest BCUT2D eigenvalue weighted by molar-refractivity contribution is 0.244. The lowest BCUT2D eigenvalue weighted by Gasteiger charge is -2.32. The third kappa shape index (κ3) is 5.01. The molecular formula is C14H29N. The molecule has 0 amide bonds. The predicted octanol–water partition coefficient (Wildman–Crippen LogP) is 3.98. The summed E-state index contributed by atoms with van der Waals surface area (Å²) < 4.78 is 0. The fraction of sp³-hybridized carbons (Fsp3) is 1.00. The topological polar surface area (TPSA) is 12.0 Å². The van der Waals surface area contributed by atoms with Crippen LogP contribution in [0.1, 0.15) is 65.7 Å². The Kier molecular flexibility index (Phi) is 6.31. The number of hydrogen-bond acceptors (Lipinski definition) is 1. The quantitative estimate of drug-likeness (QED) is 0.700. The minimum Gasteiger partial charge on any atom is -0.314 e. The third-order valence-corrected chi connectivity index (χ3v) is 3.73. The Bertz CT molecular complexity index is 151. The van der Waals surface area contributed by atoms with E-state index in [1.165, 1.54) is 44.9 Å². The van der Waals surface area contributed by atoms with Crippen molar-refractivity contribution < 1.29 is 0 Å². The zero-order chi connectivity index (χ0) is 11.1. The van der Waals surface area contributed by atoms with Crippen LogP contribution in [0.4, 0.5) is 0 Å². The molecule has 0 spiro atoms. The SMILES string of the molecule is CCNC1CCCCC1CCCC(C)C. The average Bonchev–Trinajstić information content (AvgIpc) is 2.20. The molecule has 0 aromatic rings. The van der Waals surface area contributed by atoms with Crippen LogP contribution in [-0.4, -0.2) is 12.6 Å². The van der Waals surface area contributed by atoms with Crippen molar-refractivity contribution in [2.75, 3.05) is 6.54 Å². The van der Waals surface area contributed by atoms with E-state index in [0.29, 0.717) is 0 Å². The van der Waals surface area contributed by atoms with E-state index in [9.17, 15) is 0 Å². The molecule has 1 aliphatic carbocycles. The summed E-state index contributed by atoms with van der Waals surface area (Å²) in [7, 11) is 0. The molecule has 0 saturated heterocycles. The van der Waals surface area contributed by atoms with Gasteiger partial charge in [0.05, 0.1) is 0 Å². The van der Waals surface area contributed by atoms with Gasteiger partial charge in [-0.1, -0.05) is 46.5 Å². The molecule has 2 unspecified atom stereocenters. The molecule has 0 radical (unpaired) electrons. The maximum Gasteiger partial charge on any atom is 0.00952 e. The van der Waals surface area contributed by atoms with Crippen LogP contribution < -0.4 is 5.32 Å². The lowest BCUT2D eigenvalue weighted by Crippen LogP contribution is -2.38. The minimum atomic E-state index is 0.830. The van der Waals surface area contributed by atoms with Crippen molar-refractivity contribution in [2.24, 2.45) is 11.8 Å². The molecule has 1 saturated carbocycles. The predicted molar refractivity (Wildman–Crippen MR) is 68.1 cm³/mol. The highest BCUT2D eigenvalue weighted by atomic mass is 14.9. The van der Waals surface area contributed by atoms with Gasteiger partial charge in [-0.3, -0.25) is 0 Å². The molecule has 0 aromatic heterocycles. The molecule has 1 heteroatoms. The molecule has 1 N–H and O–H groups in total. The number of nitrogens with one attached hydrogen (secondary N) is 1. The molecule has 15 heavy (non-hydrogen) atoms. The van der Waals surface area contributed by atoms with E-state index in [-0.39, 0.29) is 0 Å². The third-order valence-electron chi connectivity index (χ3n) is 3.73. The van der Waals surface area contributed by atoms with E-state index in [4.69, 9.17) is 0 Å². The van der Waals surface area contributed by atoms with E-state index < -0.39 is 0 Å². The molecule has 2 atom stereocenters. The van der Waals surface area contributed by atoms with Gasteiger partial charge in [0.25, 0.3) is 0 Å². The van der Waals surface area contributed by atoms with Gasteiger partial charge in [-0.2, -0.15) is 0 Å². The summed E-state index contributed by atoms with van der Waals surface area (Å²) in [4.78, 5) is 0. The fourth-order valence-electron chi connectivity index (χ4n) is 2.87. The Balaban J connectivity index is 2.23. The Hall–Kier alpha value is -0.0400. The number of hydrogen-bond donors (Lipinski definition) is 1. The van der Waals surface area contributed by atoms with Gasteiger partial charge in [0.2, 0.25) is 0 Å². The second-order valence-corrected chi connectivity index (χ2v) is 5.53. The first-order valence-electron chi connectivity index (χ1n) is 6.97. The largest absolute Gasteiger partial charge is 0.314 e. The highest BCUT2D eigenvalue weighted by Crippen LogP contribution is 2.29. The summed E-state index contributed by atoms with van der Waals surface area (Å²) in [5, 5.41) is 3.67. The smallest absolute Gasteiger partial charge is 0.00952 e. The Morgan fingerprint density at radius 3 is 2.60 bits per heavy atom. The average molecular weight is 211 g/mol. The van der Waals surface area contributed by atoms with Crippen LogP contribution in [0.15, 0.2) is 0 Å². The first kappa shape index (κ1) is 13.0. The van der Waals surface area contributed by atoms with Gasteiger partial charge in [-0.25, -0.2) is 0 Å². The summed E-state index contributed by atoms with van der Waals surface area (Å²) in [6, 6.07) is 0.830. The first-order chi connectivity index (χ1) is 7.24. The number of rotatable bonds is 6. The molecule has 1 aliphatic rings. The standard InChI is InChI=1S/C14H29N/c1-4-15-14-11-6-5-9-13(14)10-7-8-12(2)3/h12-15H,4-11H2,1-3H3. The second kappa shape index (κ2) is 7.27. The van der Waals surface area contributed by atoms with Crippen molar-refractivity contribution in [3.05, 3.63) is 0 Å². The zero-order valence-corrected chi connectivity index (χ0v) is 10.9. The highest BCUT2D eigenvalue weighted by Gasteiger charge is 2.23. The van der Waals surface area contributed by atoms with Crippen LogP contribution in [0.25, 0.3) is 0 Å². The molecule has 0 bridgehead atoms. The van der Waals surface area contributed by atoms with Crippen molar-refractivity contribution in [3.63, 3.8) is 0 Å². The first-order valence-corrected chi connectivity index (χ1v) is 6.97. The van der Waals surface area contributed by atoms with E-state index in [2.05, 4.69) is 26.1 Å². The Morgan fingerprint density at radius 1 is 1.20 bits per heavy atom. The van der Waals surface area contributed by atoms with Crippen molar-refractivity contribution in [1.82, 2.24) is 5.32 Å². The van der Waals surface area contributed by atoms with E-state index >= 15 is 0 Å². The summed E-state index contributed by atoms with van der Waals surface area (Å²) in [6.45, 7) is 8.05. The van der Waals surface area contributed by atoms with Gasteiger partial charge in [0, 0.05) is 6.04 Å². The molecular weight excluding hydrogens is 182 g/mol. The van der Waals surface area contributed by atoms with Gasteiger partial charge >= 0.3 is 0 Å². The van der Waals surface area contributed by atoms with Crippen molar-refractivity contribution >= 4 is 0 Å². The molecule has 0 heterocycles. The minimum absolute atomic E-state index is 0.830. The molecule has 0 aliphatic heterocycles. The van der Waals surface area contributed by atoms with Crippen LogP contribution in [0.2, 0.25) is 0 Å². The molecule has 90 valence electrons. The van der Waals surface area contributed by atoms with Gasteiger partial charge in [-0.05, 0) is 37.6 Å². The van der Waals surface area contributed by atoms with Crippen LogP contribution in [0.5, 0.6) is 0 Å². The normalized spacial score (nSPS) is 27.2. The fourth-order valence-corrected chi connectivity index (χ4v) is 2.87. The summed E-state index contributed by atoms with van der Waals surface area (Å²) >= 11 is 0. The van der Waals surface area contributed by atoms with Gasteiger partial charge in [0.15, 0.2) is 0 Å². The van der Waals surface area contributed by atoms with E-state index in [0.717, 1.165) is 24.4 Å². The summed E-state index contributed by atoms with van der Waals surface area (Å²) in [5.74, 6) is 1.85. The van der Waals surface area contributed by atoms with Gasteiger partial charge in [-0.15, -0.1) is 0 Å². The molecule has 1 nitrogen and oxygen atoms in total. The van der Waals surface area contributed by atoms with E-state index in [1.807, 2.05) is 0 Å². The monoisotopic (exact) mass is 211 g/mol. The second-order valence-electron chi connectivity index (χ2n) is 5.53.